The molecule has 2 aromatic rings. The molecule has 7 heteroatoms. The number of hydrogen-bond donors (Lipinski definition) is 2. The number of benzene rings is 2. The Morgan fingerprint density at radius 1 is 1.13 bits per heavy atom. The van der Waals surface area contributed by atoms with Gasteiger partial charge in [0.15, 0.2) is 0 Å². The molecule has 2 N–H and O–H groups in total. The molecule has 0 aliphatic rings. The zero-order chi connectivity index (χ0) is 16.9. The number of aryl methyl sites for hydroxylation is 1. The second-order valence-corrected chi connectivity index (χ2v) is 6.79. The molecule has 0 bridgehead atoms. The van der Waals surface area contributed by atoms with E-state index in [1.807, 2.05) is 25.1 Å². The molecule has 0 unspecified atom stereocenters. The fraction of sp³-hybridized carbons (Fsp3) is 0.188. The van der Waals surface area contributed by atoms with Gasteiger partial charge in [0.2, 0.25) is 15.9 Å². The Kier molecular flexibility index (Phi) is 5.46. The van der Waals surface area contributed by atoms with Crippen molar-refractivity contribution >= 4 is 21.6 Å². The zero-order valence-electron chi connectivity index (χ0n) is 12.5. The van der Waals surface area contributed by atoms with Crippen molar-refractivity contribution in [3.63, 3.8) is 0 Å². The van der Waals surface area contributed by atoms with Gasteiger partial charge in [0.25, 0.3) is 0 Å². The topological polar surface area (TPSA) is 75.3 Å². The van der Waals surface area contributed by atoms with Crippen molar-refractivity contribution in [3.8, 4) is 0 Å². The summed E-state index contributed by atoms with van der Waals surface area (Å²) in [5.41, 5.74) is 1.68. The molecular weight excluding hydrogens is 319 g/mol. The van der Waals surface area contributed by atoms with Gasteiger partial charge >= 0.3 is 0 Å². The van der Waals surface area contributed by atoms with Gasteiger partial charge in [0.05, 0.1) is 4.90 Å². The van der Waals surface area contributed by atoms with Crippen molar-refractivity contribution in [2.24, 2.45) is 0 Å². The van der Waals surface area contributed by atoms with Crippen LogP contribution in [0.25, 0.3) is 0 Å². The minimum absolute atomic E-state index is 0.00559. The monoisotopic (exact) mass is 336 g/mol. The van der Waals surface area contributed by atoms with Gasteiger partial charge in [-0.1, -0.05) is 12.1 Å². The summed E-state index contributed by atoms with van der Waals surface area (Å²) in [6.07, 6.45) is -0.00559. The van der Waals surface area contributed by atoms with E-state index in [0.717, 1.165) is 17.7 Å². The van der Waals surface area contributed by atoms with Crippen LogP contribution >= 0.6 is 0 Å². The van der Waals surface area contributed by atoms with Crippen LogP contribution in [0.4, 0.5) is 10.1 Å². The van der Waals surface area contributed by atoms with Crippen molar-refractivity contribution in [2.75, 3.05) is 11.9 Å². The molecule has 122 valence electrons. The van der Waals surface area contributed by atoms with E-state index in [4.69, 9.17) is 0 Å². The van der Waals surface area contributed by atoms with Gasteiger partial charge in [0, 0.05) is 18.7 Å². The molecule has 1 amide bonds. The highest BCUT2D eigenvalue weighted by Crippen LogP contribution is 2.11. The molecule has 23 heavy (non-hydrogen) atoms. The summed E-state index contributed by atoms with van der Waals surface area (Å²) >= 11 is 0. The minimum atomic E-state index is -3.75. The van der Waals surface area contributed by atoms with Crippen molar-refractivity contribution in [3.05, 3.63) is 59.9 Å². The Morgan fingerprint density at radius 3 is 2.48 bits per heavy atom. The number of carbonyl (C=O) groups excluding carboxylic acids is 1. The van der Waals surface area contributed by atoms with Crippen molar-refractivity contribution in [2.45, 2.75) is 18.2 Å². The fourth-order valence-electron chi connectivity index (χ4n) is 1.94. The molecule has 0 radical (unpaired) electrons. The maximum atomic E-state index is 12.8. The lowest BCUT2D eigenvalue weighted by Crippen LogP contribution is -2.27. The molecule has 5 nitrogen and oxygen atoms in total. The minimum Gasteiger partial charge on any atom is -0.326 e. The molecule has 0 aliphatic heterocycles. The van der Waals surface area contributed by atoms with Crippen molar-refractivity contribution < 1.29 is 17.6 Å². The average Bonchev–Trinajstić information content (AvgIpc) is 2.47. The first kappa shape index (κ1) is 17.1. The normalized spacial score (nSPS) is 11.2. The van der Waals surface area contributed by atoms with Gasteiger partial charge in [-0.3, -0.25) is 4.79 Å². The third-order valence-corrected chi connectivity index (χ3v) is 4.55. The standard InChI is InChI=1S/C16H17FN2O3S/c1-12-3-2-4-14(11-12)19-16(20)9-10-18-23(21,22)15-7-5-13(17)6-8-15/h2-8,11,18H,9-10H2,1H3,(H,19,20). The van der Waals surface area contributed by atoms with Gasteiger partial charge in [0.1, 0.15) is 5.82 Å². The van der Waals surface area contributed by atoms with Gasteiger partial charge in [-0.15, -0.1) is 0 Å². The average molecular weight is 336 g/mol. The first-order valence-corrected chi connectivity index (χ1v) is 8.47. The van der Waals surface area contributed by atoms with Crippen LogP contribution in [0.3, 0.4) is 0 Å². The van der Waals surface area contributed by atoms with E-state index in [-0.39, 0.29) is 23.8 Å². The zero-order valence-corrected chi connectivity index (χ0v) is 13.4. The summed E-state index contributed by atoms with van der Waals surface area (Å²) in [5.74, 6) is -0.807. The van der Waals surface area contributed by atoms with E-state index in [0.29, 0.717) is 5.69 Å². The van der Waals surface area contributed by atoms with Crippen LogP contribution in [0.5, 0.6) is 0 Å². The smallest absolute Gasteiger partial charge is 0.240 e. The first-order valence-electron chi connectivity index (χ1n) is 6.98. The maximum Gasteiger partial charge on any atom is 0.240 e. The van der Waals surface area contributed by atoms with Crippen LogP contribution in [-0.4, -0.2) is 20.9 Å². The van der Waals surface area contributed by atoms with E-state index >= 15 is 0 Å². The highest BCUT2D eigenvalue weighted by atomic mass is 32.2. The number of amides is 1. The Morgan fingerprint density at radius 2 is 1.83 bits per heavy atom. The van der Waals surface area contributed by atoms with E-state index in [1.165, 1.54) is 12.1 Å². The summed E-state index contributed by atoms with van der Waals surface area (Å²) in [5, 5.41) is 2.69. The fourth-order valence-corrected chi connectivity index (χ4v) is 2.97. The molecule has 0 atom stereocenters. The molecular formula is C16H17FN2O3S. The van der Waals surface area contributed by atoms with Gasteiger partial charge in [-0.25, -0.2) is 17.5 Å². The van der Waals surface area contributed by atoms with Gasteiger partial charge in [-0.2, -0.15) is 0 Å². The highest BCUT2D eigenvalue weighted by molar-refractivity contribution is 7.89. The van der Waals surface area contributed by atoms with Crippen LogP contribution in [0.2, 0.25) is 0 Å². The van der Waals surface area contributed by atoms with E-state index in [2.05, 4.69) is 10.0 Å². The molecule has 0 saturated heterocycles. The second kappa shape index (κ2) is 7.34. The number of rotatable bonds is 6. The lowest BCUT2D eigenvalue weighted by atomic mass is 10.2. The molecule has 0 fully saturated rings. The van der Waals surface area contributed by atoms with Crippen LogP contribution in [0, 0.1) is 12.7 Å². The van der Waals surface area contributed by atoms with E-state index in [1.54, 1.807) is 6.07 Å². The lowest BCUT2D eigenvalue weighted by Gasteiger charge is -2.08. The summed E-state index contributed by atoms with van der Waals surface area (Å²) in [6.45, 7) is 1.86. The number of hydrogen-bond acceptors (Lipinski definition) is 3. The van der Waals surface area contributed by atoms with Crippen molar-refractivity contribution in [1.82, 2.24) is 4.72 Å². The van der Waals surface area contributed by atoms with Gasteiger partial charge < -0.3 is 5.32 Å². The van der Waals surface area contributed by atoms with Crippen LogP contribution in [0.15, 0.2) is 53.4 Å². The molecule has 0 aromatic heterocycles. The number of halogens is 1. The number of nitrogens with one attached hydrogen (secondary N) is 2. The summed E-state index contributed by atoms with van der Waals surface area (Å²) in [4.78, 5) is 11.8. The predicted molar refractivity (Wildman–Crippen MR) is 86.0 cm³/mol. The molecule has 2 aromatic carbocycles. The Labute approximate surface area is 134 Å². The highest BCUT2D eigenvalue weighted by Gasteiger charge is 2.14. The molecule has 0 saturated carbocycles. The van der Waals surface area contributed by atoms with Crippen LogP contribution < -0.4 is 10.0 Å². The van der Waals surface area contributed by atoms with E-state index in [9.17, 15) is 17.6 Å². The third kappa shape index (κ3) is 5.15. The van der Waals surface area contributed by atoms with Crippen molar-refractivity contribution in [1.29, 1.82) is 0 Å². The van der Waals surface area contributed by atoms with Crippen LogP contribution in [0.1, 0.15) is 12.0 Å². The lowest BCUT2D eigenvalue weighted by molar-refractivity contribution is -0.116. The number of sulfonamides is 1. The quantitative estimate of drug-likeness (QED) is 0.851. The summed E-state index contributed by atoms with van der Waals surface area (Å²) in [6, 6.07) is 11.8. The second-order valence-electron chi connectivity index (χ2n) is 5.02. The summed E-state index contributed by atoms with van der Waals surface area (Å²) < 4.78 is 39.0. The third-order valence-electron chi connectivity index (χ3n) is 3.07. The first-order chi connectivity index (χ1) is 10.9. The maximum absolute atomic E-state index is 12.8. The predicted octanol–water partition coefficient (Wildman–Crippen LogP) is 2.44. The number of anilines is 1. The molecule has 0 spiro atoms. The number of carbonyl (C=O) groups is 1. The van der Waals surface area contributed by atoms with Crippen LogP contribution in [-0.2, 0) is 14.8 Å². The Bertz CT molecular complexity index is 789. The molecule has 0 heterocycles. The van der Waals surface area contributed by atoms with E-state index < -0.39 is 15.8 Å². The van der Waals surface area contributed by atoms with Gasteiger partial charge in [-0.05, 0) is 48.9 Å². The largest absolute Gasteiger partial charge is 0.326 e. The Hall–Kier alpha value is -2.25. The SMILES string of the molecule is Cc1cccc(NC(=O)CCNS(=O)(=O)c2ccc(F)cc2)c1. The molecule has 0 aliphatic carbocycles. The Balaban J connectivity index is 1.86. The molecule has 2 rings (SSSR count). The summed E-state index contributed by atoms with van der Waals surface area (Å²) in [7, 11) is -3.75.